The fraction of sp³-hybridized carbons (Fsp3) is 0.333. The molecule has 2 aliphatic heterocycles. The zero-order valence-electron chi connectivity index (χ0n) is 15.2. The monoisotopic (exact) mass is 364 g/mol. The molecule has 140 valence electrons. The molecule has 1 aromatic carbocycles. The summed E-state index contributed by atoms with van der Waals surface area (Å²) in [5, 5.41) is 8.92. The predicted octanol–water partition coefficient (Wildman–Crippen LogP) is 3.34. The number of dihydropyridines is 1. The number of carbonyl (C=O) groups is 2. The van der Waals surface area contributed by atoms with Gasteiger partial charge in [0.1, 0.15) is 0 Å². The largest absolute Gasteiger partial charge is 0.367 e. The molecule has 3 amide bonds. The van der Waals surface area contributed by atoms with Gasteiger partial charge in [-0.1, -0.05) is 12.8 Å². The van der Waals surface area contributed by atoms with E-state index in [1.807, 2.05) is 24.7 Å². The van der Waals surface area contributed by atoms with Crippen LogP contribution in [0.15, 0.2) is 60.1 Å². The van der Waals surface area contributed by atoms with Crippen molar-refractivity contribution < 1.29 is 9.59 Å². The van der Waals surface area contributed by atoms with Gasteiger partial charge in [0.05, 0.1) is 6.54 Å². The molecular weight excluding hydrogens is 340 g/mol. The van der Waals surface area contributed by atoms with Crippen molar-refractivity contribution in [2.45, 2.75) is 25.7 Å². The molecule has 3 aliphatic rings. The molecule has 1 fully saturated rings. The van der Waals surface area contributed by atoms with Crippen LogP contribution < -0.4 is 16.0 Å². The maximum absolute atomic E-state index is 12.4. The average Bonchev–Trinajstić information content (AvgIpc) is 3.36. The lowest BCUT2D eigenvalue weighted by Crippen LogP contribution is -2.29. The van der Waals surface area contributed by atoms with Crippen LogP contribution in [0.4, 0.5) is 10.5 Å². The molecule has 6 heteroatoms. The first kappa shape index (κ1) is 17.4. The number of nitrogens with zero attached hydrogens (tertiary/aromatic N) is 1. The van der Waals surface area contributed by atoms with E-state index in [1.165, 1.54) is 25.7 Å². The van der Waals surface area contributed by atoms with Crippen molar-refractivity contribution in [2.75, 3.05) is 18.4 Å². The number of nitrogens with one attached hydrogen (secondary N) is 3. The Hall–Kier alpha value is -3.02. The molecular formula is C21H24N4O2. The summed E-state index contributed by atoms with van der Waals surface area (Å²) in [7, 11) is 0. The maximum Gasteiger partial charge on any atom is 0.326 e. The molecule has 27 heavy (non-hydrogen) atoms. The molecule has 6 nitrogen and oxygen atoms in total. The Balaban J connectivity index is 1.31. The van der Waals surface area contributed by atoms with Gasteiger partial charge in [-0.2, -0.15) is 0 Å². The van der Waals surface area contributed by atoms with E-state index in [-0.39, 0.29) is 11.9 Å². The predicted molar refractivity (Wildman–Crippen MR) is 105 cm³/mol. The number of allylic oxidation sites excluding steroid dienone is 1. The minimum atomic E-state index is -0.190. The van der Waals surface area contributed by atoms with E-state index in [9.17, 15) is 9.59 Å². The van der Waals surface area contributed by atoms with Gasteiger partial charge in [0, 0.05) is 36.4 Å². The number of fused-ring (bicyclic) bond motifs is 1. The molecule has 0 bridgehead atoms. The molecule has 0 saturated heterocycles. The molecule has 3 N–H and O–H groups in total. The molecule has 0 radical (unpaired) electrons. The third-order valence-corrected chi connectivity index (χ3v) is 5.31. The summed E-state index contributed by atoms with van der Waals surface area (Å²) in [5.41, 5.74) is 3.41. The molecule has 0 atom stereocenters. The second-order valence-electron chi connectivity index (χ2n) is 7.25. The molecule has 1 aromatic rings. The third-order valence-electron chi connectivity index (χ3n) is 5.31. The first-order chi connectivity index (χ1) is 13.2. The Morgan fingerprint density at radius 3 is 2.67 bits per heavy atom. The topological polar surface area (TPSA) is 73.5 Å². The molecule has 2 heterocycles. The fourth-order valence-electron chi connectivity index (χ4n) is 3.72. The minimum absolute atomic E-state index is 0.0562. The Bertz CT molecular complexity index is 817. The van der Waals surface area contributed by atoms with Crippen molar-refractivity contribution in [2.24, 2.45) is 5.92 Å². The zero-order chi connectivity index (χ0) is 18.6. The van der Waals surface area contributed by atoms with E-state index < -0.39 is 0 Å². The van der Waals surface area contributed by atoms with Crippen molar-refractivity contribution in [3.63, 3.8) is 0 Å². The normalized spacial score (nSPS) is 18.4. The molecule has 0 spiro atoms. The number of hydrogen-bond acceptors (Lipinski definition) is 3. The van der Waals surface area contributed by atoms with Gasteiger partial charge in [0.15, 0.2) is 0 Å². The summed E-state index contributed by atoms with van der Waals surface area (Å²) in [6.45, 7) is 1.29. The third kappa shape index (κ3) is 4.05. The van der Waals surface area contributed by atoms with Gasteiger partial charge in [-0.3, -0.25) is 9.69 Å². The lowest BCUT2D eigenvalue weighted by Gasteiger charge is -2.15. The number of carbonyl (C=O) groups excluding carboxylic acids is 2. The first-order valence-corrected chi connectivity index (χ1v) is 9.49. The SMILES string of the molecule is O=C(NCC1CCCC1)c1ccc(NC(=O)N2C=C3C=CNC=C3C2)cc1. The van der Waals surface area contributed by atoms with Crippen molar-refractivity contribution in [3.8, 4) is 0 Å². The summed E-state index contributed by atoms with van der Waals surface area (Å²) >= 11 is 0. The van der Waals surface area contributed by atoms with E-state index in [1.54, 1.807) is 29.2 Å². The lowest BCUT2D eigenvalue weighted by molar-refractivity contribution is 0.0947. The number of urea groups is 1. The van der Waals surface area contributed by atoms with Gasteiger partial charge in [-0.05, 0) is 60.2 Å². The van der Waals surface area contributed by atoms with E-state index >= 15 is 0 Å². The van der Waals surface area contributed by atoms with Gasteiger partial charge in [-0.15, -0.1) is 0 Å². The van der Waals surface area contributed by atoms with Crippen LogP contribution in [0, 0.1) is 5.92 Å². The van der Waals surface area contributed by atoms with E-state index in [0.717, 1.165) is 17.7 Å². The van der Waals surface area contributed by atoms with E-state index in [0.29, 0.717) is 23.7 Å². The Morgan fingerprint density at radius 2 is 1.93 bits per heavy atom. The Labute approximate surface area is 159 Å². The maximum atomic E-state index is 12.4. The molecule has 1 saturated carbocycles. The first-order valence-electron chi connectivity index (χ1n) is 9.49. The quantitative estimate of drug-likeness (QED) is 0.767. The Morgan fingerprint density at radius 1 is 1.15 bits per heavy atom. The standard InChI is InChI=1S/C21H24N4O2/c26-20(23-11-15-3-1-2-4-15)16-5-7-19(8-6-16)24-21(27)25-13-17-9-10-22-12-18(17)14-25/h5-10,12-13,15,22H,1-4,11,14H2,(H,23,26)(H,24,27). The van der Waals surface area contributed by atoms with Crippen molar-refractivity contribution in [1.82, 2.24) is 15.5 Å². The summed E-state index contributed by atoms with van der Waals surface area (Å²) in [5.74, 6) is 0.560. The molecule has 0 aromatic heterocycles. The van der Waals surface area contributed by atoms with Crippen LogP contribution in [0.5, 0.6) is 0 Å². The number of rotatable bonds is 4. The average molecular weight is 364 g/mol. The number of anilines is 1. The smallest absolute Gasteiger partial charge is 0.326 e. The number of amides is 3. The molecule has 4 rings (SSSR count). The van der Waals surface area contributed by atoms with Crippen molar-refractivity contribution in [3.05, 3.63) is 65.7 Å². The fourth-order valence-corrected chi connectivity index (χ4v) is 3.72. The highest BCUT2D eigenvalue weighted by molar-refractivity contribution is 5.95. The van der Waals surface area contributed by atoms with Crippen molar-refractivity contribution in [1.29, 1.82) is 0 Å². The molecule has 1 aliphatic carbocycles. The van der Waals surface area contributed by atoms with E-state index in [2.05, 4.69) is 16.0 Å². The van der Waals surface area contributed by atoms with Gasteiger partial charge in [-0.25, -0.2) is 4.79 Å². The van der Waals surface area contributed by atoms with Gasteiger partial charge >= 0.3 is 6.03 Å². The van der Waals surface area contributed by atoms with Crippen LogP contribution in [-0.2, 0) is 0 Å². The highest BCUT2D eigenvalue weighted by Gasteiger charge is 2.23. The molecule has 0 unspecified atom stereocenters. The van der Waals surface area contributed by atoms with Gasteiger partial charge in [0.2, 0.25) is 0 Å². The zero-order valence-corrected chi connectivity index (χ0v) is 15.2. The highest BCUT2D eigenvalue weighted by atomic mass is 16.2. The lowest BCUT2D eigenvalue weighted by atomic mass is 10.1. The summed E-state index contributed by atoms with van der Waals surface area (Å²) in [6.07, 6.45) is 12.5. The van der Waals surface area contributed by atoms with Crippen LogP contribution in [0.3, 0.4) is 0 Å². The number of benzene rings is 1. The Kier molecular flexibility index (Phi) is 4.96. The summed E-state index contributed by atoms with van der Waals surface area (Å²) in [4.78, 5) is 26.3. The van der Waals surface area contributed by atoms with Crippen molar-refractivity contribution >= 4 is 17.6 Å². The van der Waals surface area contributed by atoms with Crippen LogP contribution in [-0.4, -0.2) is 29.9 Å². The second-order valence-corrected chi connectivity index (χ2v) is 7.25. The summed E-state index contributed by atoms with van der Waals surface area (Å²) < 4.78 is 0. The minimum Gasteiger partial charge on any atom is -0.367 e. The van der Waals surface area contributed by atoms with Crippen LogP contribution in [0.2, 0.25) is 0 Å². The van der Waals surface area contributed by atoms with Crippen LogP contribution >= 0.6 is 0 Å². The van der Waals surface area contributed by atoms with Crippen LogP contribution in [0.1, 0.15) is 36.0 Å². The highest BCUT2D eigenvalue weighted by Crippen LogP contribution is 2.25. The summed E-state index contributed by atoms with van der Waals surface area (Å²) in [6, 6.07) is 6.83. The van der Waals surface area contributed by atoms with E-state index in [4.69, 9.17) is 0 Å². The second kappa shape index (κ2) is 7.70. The van der Waals surface area contributed by atoms with Crippen LogP contribution in [0.25, 0.3) is 0 Å². The number of hydrogen-bond donors (Lipinski definition) is 3. The van der Waals surface area contributed by atoms with Gasteiger partial charge in [0.25, 0.3) is 5.91 Å². The van der Waals surface area contributed by atoms with Gasteiger partial charge < -0.3 is 16.0 Å².